The van der Waals surface area contributed by atoms with Crippen molar-refractivity contribution in [2.24, 2.45) is 0 Å². The fourth-order valence-electron chi connectivity index (χ4n) is 1.82. The minimum absolute atomic E-state index is 0.403. The quantitative estimate of drug-likeness (QED) is 0.649. The number of hydrogen-bond acceptors (Lipinski definition) is 3. The second kappa shape index (κ2) is 8.17. The van der Waals surface area contributed by atoms with Crippen molar-refractivity contribution < 1.29 is 4.79 Å². The third-order valence-corrected chi connectivity index (χ3v) is 3.99. The predicted molar refractivity (Wildman–Crippen MR) is 67.2 cm³/mol. The molecule has 0 bridgehead atoms. The highest BCUT2D eigenvalue weighted by molar-refractivity contribution is 8.01. The minimum Gasteiger partial charge on any atom is -0.305 e. The largest absolute Gasteiger partial charge is 0.305 e. The van der Waals surface area contributed by atoms with Crippen LogP contribution in [-0.4, -0.2) is 23.5 Å². The van der Waals surface area contributed by atoms with Crippen LogP contribution in [-0.2, 0) is 4.79 Å². The van der Waals surface area contributed by atoms with Gasteiger partial charge in [-0.25, -0.2) is 0 Å². The van der Waals surface area contributed by atoms with Crippen LogP contribution in [0, 0.1) is 0 Å². The van der Waals surface area contributed by atoms with Crippen molar-refractivity contribution in [1.82, 2.24) is 5.32 Å². The summed E-state index contributed by atoms with van der Waals surface area (Å²) in [6.07, 6.45) is 8.77. The first-order valence-corrected chi connectivity index (χ1v) is 7.24. The molecule has 2 nitrogen and oxygen atoms in total. The molecule has 1 N–H and O–H groups in total. The molecular formula is C12H23NOS. The topological polar surface area (TPSA) is 29.1 Å². The lowest BCUT2D eigenvalue weighted by atomic mass is 10.1. The van der Waals surface area contributed by atoms with Crippen molar-refractivity contribution in [1.29, 1.82) is 0 Å². The Balaban J connectivity index is 1.83. The van der Waals surface area contributed by atoms with Crippen LogP contribution in [0.5, 0.6) is 0 Å². The first kappa shape index (κ1) is 13.0. The van der Waals surface area contributed by atoms with Crippen LogP contribution in [0.25, 0.3) is 0 Å². The molecule has 0 spiro atoms. The molecule has 1 heterocycles. The summed E-state index contributed by atoms with van der Waals surface area (Å²) >= 11 is 1.76. The van der Waals surface area contributed by atoms with Crippen molar-refractivity contribution in [3.8, 4) is 0 Å². The molecule has 1 unspecified atom stereocenters. The summed E-state index contributed by atoms with van der Waals surface area (Å²) in [6, 6.07) is 0. The zero-order valence-electron chi connectivity index (χ0n) is 9.76. The number of unbranched alkanes of at least 4 members (excludes halogenated alkanes) is 5. The Kier molecular flexibility index (Phi) is 7.11. The Bertz CT molecular complexity index is 184. The van der Waals surface area contributed by atoms with Crippen LogP contribution in [0.4, 0.5) is 0 Å². The van der Waals surface area contributed by atoms with E-state index in [2.05, 4.69) is 12.2 Å². The van der Waals surface area contributed by atoms with E-state index in [0.717, 1.165) is 13.0 Å². The molecule has 0 aromatic rings. The first-order valence-electron chi connectivity index (χ1n) is 6.19. The van der Waals surface area contributed by atoms with E-state index in [1.54, 1.807) is 11.8 Å². The maximum Gasteiger partial charge on any atom is 0.145 e. The molecular weight excluding hydrogens is 206 g/mol. The Morgan fingerprint density at radius 2 is 2.00 bits per heavy atom. The molecule has 88 valence electrons. The number of Topliss-reactive ketones (excluding diaryl/α,β-unsaturated/α-hetero) is 1. The average molecular weight is 229 g/mol. The maximum atomic E-state index is 11.0. The Morgan fingerprint density at radius 3 is 2.67 bits per heavy atom. The van der Waals surface area contributed by atoms with Gasteiger partial charge in [-0.2, -0.15) is 0 Å². The van der Waals surface area contributed by atoms with Crippen molar-refractivity contribution in [2.75, 3.05) is 12.3 Å². The zero-order valence-corrected chi connectivity index (χ0v) is 10.6. The first-order chi connectivity index (χ1) is 7.33. The number of rotatable bonds is 8. The second-order valence-corrected chi connectivity index (χ2v) is 5.46. The molecule has 1 fully saturated rings. The molecule has 0 aromatic heterocycles. The standard InChI is InChI=1S/C12H23NOS/c1-2-3-4-5-6-7-8-13-12-9-11(14)10-15-12/h12-13H,2-10H2,1H3. The van der Waals surface area contributed by atoms with E-state index in [-0.39, 0.29) is 0 Å². The smallest absolute Gasteiger partial charge is 0.145 e. The predicted octanol–water partition coefficient (Wildman–Crippen LogP) is 2.97. The Labute approximate surface area is 97.6 Å². The molecule has 0 saturated carbocycles. The van der Waals surface area contributed by atoms with Gasteiger partial charge in [-0.3, -0.25) is 4.79 Å². The Hall–Kier alpha value is -0.0200. The van der Waals surface area contributed by atoms with Gasteiger partial charge in [0.25, 0.3) is 0 Å². The number of carbonyl (C=O) groups is 1. The fraction of sp³-hybridized carbons (Fsp3) is 0.917. The van der Waals surface area contributed by atoms with Gasteiger partial charge in [0.1, 0.15) is 5.78 Å². The summed E-state index contributed by atoms with van der Waals surface area (Å²) in [5.74, 6) is 1.12. The fourth-order valence-corrected chi connectivity index (χ4v) is 2.86. The monoisotopic (exact) mass is 229 g/mol. The number of thioether (sulfide) groups is 1. The van der Waals surface area contributed by atoms with Gasteiger partial charge in [-0.1, -0.05) is 39.0 Å². The van der Waals surface area contributed by atoms with E-state index < -0.39 is 0 Å². The summed E-state index contributed by atoms with van der Waals surface area (Å²) in [4.78, 5) is 11.0. The number of ketones is 1. The molecule has 0 radical (unpaired) electrons. The van der Waals surface area contributed by atoms with Crippen LogP contribution in [0.2, 0.25) is 0 Å². The lowest BCUT2D eigenvalue weighted by Crippen LogP contribution is -2.25. The highest BCUT2D eigenvalue weighted by Crippen LogP contribution is 2.20. The van der Waals surface area contributed by atoms with Crippen LogP contribution >= 0.6 is 11.8 Å². The minimum atomic E-state index is 0.403. The summed E-state index contributed by atoms with van der Waals surface area (Å²) in [6.45, 7) is 3.33. The van der Waals surface area contributed by atoms with Gasteiger partial charge in [0.15, 0.2) is 0 Å². The molecule has 1 rings (SSSR count). The Morgan fingerprint density at radius 1 is 1.27 bits per heavy atom. The summed E-state index contributed by atoms with van der Waals surface area (Å²) < 4.78 is 0. The van der Waals surface area contributed by atoms with E-state index in [4.69, 9.17) is 0 Å². The van der Waals surface area contributed by atoms with Crippen molar-refractivity contribution in [2.45, 2.75) is 57.2 Å². The van der Waals surface area contributed by atoms with Gasteiger partial charge in [0, 0.05) is 6.42 Å². The van der Waals surface area contributed by atoms with E-state index in [9.17, 15) is 4.79 Å². The van der Waals surface area contributed by atoms with E-state index >= 15 is 0 Å². The molecule has 1 saturated heterocycles. The van der Waals surface area contributed by atoms with Crippen LogP contribution in [0.1, 0.15) is 51.9 Å². The summed E-state index contributed by atoms with van der Waals surface area (Å²) in [5.41, 5.74) is 0. The lowest BCUT2D eigenvalue weighted by Gasteiger charge is -2.09. The summed E-state index contributed by atoms with van der Waals surface area (Å²) in [5, 5.41) is 3.86. The van der Waals surface area contributed by atoms with Gasteiger partial charge in [0.05, 0.1) is 11.1 Å². The molecule has 15 heavy (non-hydrogen) atoms. The van der Waals surface area contributed by atoms with Gasteiger partial charge in [-0.05, 0) is 13.0 Å². The number of nitrogens with one attached hydrogen (secondary N) is 1. The molecule has 3 heteroatoms. The van der Waals surface area contributed by atoms with E-state index in [1.807, 2.05) is 0 Å². The van der Waals surface area contributed by atoms with E-state index in [0.29, 0.717) is 16.9 Å². The van der Waals surface area contributed by atoms with Gasteiger partial charge in [0.2, 0.25) is 0 Å². The van der Waals surface area contributed by atoms with Gasteiger partial charge < -0.3 is 5.32 Å². The van der Waals surface area contributed by atoms with Crippen LogP contribution in [0.15, 0.2) is 0 Å². The number of hydrogen-bond donors (Lipinski definition) is 1. The third kappa shape index (κ3) is 6.21. The molecule has 1 aliphatic rings. The molecule has 0 amide bonds. The van der Waals surface area contributed by atoms with Gasteiger partial charge in [-0.15, -0.1) is 11.8 Å². The van der Waals surface area contributed by atoms with Crippen molar-refractivity contribution >= 4 is 17.5 Å². The molecule has 1 atom stereocenters. The van der Waals surface area contributed by atoms with Crippen LogP contribution < -0.4 is 5.32 Å². The van der Waals surface area contributed by atoms with Gasteiger partial charge >= 0.3 is 0 Å². The van der Waals surface area contributed by atoms with Crippen LogP contribution in [0.3, 0.4) is 0 Å². The summed E-state index contributed by atoms with van der Waals surface area (Å²) in [7, 11) is 0. The lowest BCUT2D eigenvalue weighted by molar-refractivity contribution is -0.116. The highest BCUT2D eigenvalue weighted by atomic mass is 32.2. The third-order valence-electron chi connectivity index (χ3n) is 2.76. The average Bonchev–Trinajstić information content (AvgIpc) is 2.63. The zero-order chi connectivity index (χ0) is 10.9. The molecule has 0 aromatic carbocycles. The van der Waals surface area contributed by atoms with E-state index in [1.165, 1.54) is 38.5 Å². The molecule has 0 aliphatic carbocycles. The normalized spacial score (nSPS) is 21.1. The second-order valence-electron chi connectivity index (χ2n) is 4.26. The molecule has 1 aliphatic heterocycles. The van der Waals surface area contributed by atoms with Crippen molar-refractivity contribution in [3.05, 3.63) is 0 Å². The van der Waals surface area contributed by atoms with Crippen molar-refractivity contribution in [3.63, 3.8) is 0 Å². The number of carbonyl (C=O) groups excluding carboxylic acids is 1. The SMILES string of the molecule is CCCCCCCCNC1CC(=O)CS1. The maximum absolute atomic E-state index is 11.0. The highest BCUT2D eigenvalue weighted by Gasteiger charge is 2.21.